The lowest BCUT2D eigenvalue weighted by atomic mass is 9.76. The van der Waals surface area contributed by atoms with E-state index >= 15 is 0 Å². The van der Waals surface area contributed by atoms with Gasteiger partial charge in [-0.2, -0.15) is 0 Å². The van der Waals surface area contributed by atoms with E-state index in [0.29, 0.717) is 0 Å². The molecule has 18 heteroatoms. The van der Waals surface area contributed by atoms with Crippen LogP contribution in [0.25, 0.3) is 0 Å². The van der Waals surface area contributed by atoms with Crippen LogP contribution in [-0.4, -0.2) is 166 Å². The van der Waals surface area contributed by atoms with Gasteiger partial charge in [-0.15, -0.1) is 0 Å². The Balaban J connectivity index is 1.82. The number of nitrogens with two attached hydrogens (primary N) is 4. The molecular formula is C25H48FN5O12. The first kappa shape index (κ1) is 36.4. The number of ketones is 1. The predicted octanol–water partition coefficient (Wildman–Crippen LogP) is -6.77. The van der Waals surface area contributed by atoms with E-state index in [4.69, 9.17) is 47.0 Å². The maximum absolute atomic E-state index is 14.0. The van der Waals surface area contributed by atoms with Crippen LogP contribution < -0.4 is 28.3 Å². The molecule has 17 nitrogen and oxygen atoms in total. The Labute approximate surface area is 248 Å². The van der Waals surface area contributed by atoms with E-state index in [-0.39, 0.29) is 32.5 Å². The molecule has 43 heavy (non-hydrogen) atoms. The number of Topliss-reactive ketones (excluding diaryl/α,β-unsaturated/α-hetero) is 1. The molecule has 0 aromatic heterocycles. The molecule has 0 aromatic rings. The Bertz CT molecular complexity index is 869. The van der Waals surface area contributed by atoms with E-state index in [1.54, 1.807) is 0 Å². The van der Waals surface area contributed by atoms with Crippen LogP contribution >= 0.6 is 0 Å². The van der Waals surface area contributed by atoms with Gasteiger partial charge in [0, 0.05) is 32.1 Å². The fourth-order valence-electron chi connectivity index (χ4n) is 5.70. The molecule has 3 fully saturated rings. The smallest absolute Gasteiger partial charge is 0.186 e. The monoisotopic (exact) mass is 629 g/mol. The van der Waals surface area contributed by atoms with Crippen LogP contribution in [-0.2, 0) is 23.7 Å². The summed E-state index contributed by atoms with van der Waals surface area (Å²) < 4.78 is 37.3. The molecule has 1 saturated carbocycles. The summed E-state index contributed by atoms with van der Waals surface area (Å²) in [4.78, 5) is 12.7. The van der Waals surface area contributed by atoms with Crippen molar-refractivity contribution in [3.63, 3.8) is 0 Å². The van der Waals surface area contributed by atoms with Crippen LogP contribution in [0.3, 0.4) is 0 Å². The molecule has 0 amide bonds. The van der Waals surface area contributed by atoms with E-state index in [1.165, 1.54) is 0 Å². The first-order valence-corrected chi connectivity index (χ1v) is 14.4. The summed E-state index contributed by atoms with van der Waals surface area (Å²) in [5.41, 5.74) is 23.7. The van der Waals surface area contributed by atoms with Gasteiger partial charge in [-0.3, -0.25) is 4.79 Å². The van der Waals surface area contributed by atoms with Crippen LogP contribution in [0.1, 0.15) is 19.3 Å². The zero-order chi connectivity index (χ0) is 32.0. The zero-order valence-electron chi connectivity index (χ0n) is 23.8. The summed E-state index contributed by atoms with van der Waals surface area (Å²) in [6.45, 7) is -0.987. The van der Waals surface area contributed by atoms with Gasteiger partial charge < -0.3 is 82.9 Å². The number of carbonyl (C=O) groups is 1. The Kier molecular flexibility index (Phi) is 14.0. The highest BCUT2D eigenvalue weighted by Crippen LogP contribution is 2.36. The average molecular weight is 630 g/mol. The van der Waals surface area contributed by atoms with Gasteiger partial charge in [0.2, 0.25) is 0 Å². The van der Waals surface area contributed by atoms with Gasteiger partial charge >= 0.3 is 0 Å². The first-order chi connectivity index (χ1) is 20.3. The highest BCUT2D eigenvalue weighted by Gasteiger charge is 2.51. The molecule has 3 aliphatic rings. The van der Waals surface area contributed by atoms with Gasteiger partial charge in [-0.25, -0.2) is 4.39 Å². The Morgan fingerprint density at radius 2 is 1.58 bits per heavy atom. The van der Waals surface area contributed by atoms with Crippen molar-refractivity contribution in [3.8, 4) is 0 Å². The van der Waals surface area contributed by atoms with Gasteiger partial charge in [0.15, 0.2) is 18.4 Å². The third-order valence-electron chi connectivity index (χ3n) is 8.25. The third kappa shape index (κ3) is 8.82. The highest BCUT2D eigenvalue weighted by atomic mass is 19.1. The van der Waals surface area contributed by atoms with Crippen molar-refractivity contribution in [2.75, 3.05) is 32.8 Å². The second-order valence-electron chi connectivity index (χ2n) is 11.4. The first-order valence-electron chi connectivity index (χ1n) is 14.4. The van der Waals surface area contributed by atoms with Gasteiger partial charge in [0.1, 0.15) is 42.8 Å². The highest BCUT2D eigenvalue weighted by molar-refractivity contribution is 5.83. The third-order valence-corrected chi connectivity index (χ3v) is 8.25. The number of nitrogens with one attached hydrogen (secondary N) is 1. The fraction of sp³-hybridized carbons (Fsp3) is 0.960. The van der Waals surface area contributed by atoms with E-state index < -0.39 is 123 Å². The number of ether oxygens (including phenoxy) is 4. The molecule has 2 heterocycles. The van der Waals surface area contributed by atoms with Crippen molar-refractivity contribution in [1.82, 2.24) is 5.32 Å². The van der Waals surface area contributed by atoms with E-state index in [1.807, 2.05) is 0 Å². The largest absolute Gasteiger partial charge is 0.395 e. The molecule has 2 unspecified atom stereocenters. The Hall–Kier alpha value is -1.04. The van der Waals surface area contributed by atoms with Crippen molar-refractivity contribution in [1.29, 1.82) is 0 Å². The SMILES string of the molecule is NCC(F)C(O)C(=O)C[C@@H]1C[C@H](N)[C@@H](O[C@H]2O[C@H](CNCCO)[C@@H](O)C[C@H]2N)[C@H](O)[C@H]1O[C@H]1O[C@H](CO)[C@@H](O)[C@H](N)[C@H]1O. The molecule has 252 valence electrons. The predicted molar refractivity (Wildman–Crippen MR) is 144 cm³/mol. The number of halogens is 1. The molecule has 2 saturated heterocycles. The van der Waals surface area contributed by atoms with Gasteiger partial charge in [-0.05, 0) is 18.8 Å². The second kappa shape index (κ2) is 16.5. The van der Waals surface area contributed by atoms with E-state index in [0.717, 1.165) is 0 Å². The lowest BCUT2D eigenvalue weighted by molar-refractivity contribution is -0.320. The number of carbonyl (C=O) groups excluding carboxylic acids is 1. The molecule has 0 bridgehead atoms. The van der Waals surface area contributed by atoms with Crippen LogP contribution in [0.5, 0.6) is 0 Å². The molecule has 1 aliphatic carbocycles. The number of aliphatic hydroxyl groups excluding tert-OH is 7. The zero-order valence-corrected chi connectivity index (χ0v) is 23.8. The molecule has 0 spiro atoms. The average Bonchev–Trinajstić information content (AvgIpc) is 2.98. The molecule has 0 radical (unpaired) electrons. The number of rotatable bonds is 14. The molecule has 3 rings (SSSR count). The van der Waals surface area contributed by atoms with Crippen molar-refractivity contribution in [2.45, 2.75) is 111 Å². The lowest BCUT2D eigenvalue weighted by Crippen LogP contribution is -2.66. The van der Waals surface area contributed by atoms with Crippen molar-refractivity contribution in [2.24, 2.45) is 28.9 Å². The summed E-state index contributed by atoms with van der Waals surface area (Å²) in [6.07, 6.45) is -17.5. The second-order valence-corrected chi connectivity index (χ2v) is 11.4. The summed E-state index contributed by atoms with van der Waals surface area (Å²) in [5.74, 6) is -1.88. The minimum atomic E-state index is -2.04. The van der Waals surface area contributed by atoms with Crippen LogP contribution in [0, 0.1) is 5.92 Å². The summed E-state index contributed by atoms with van der Waals surface area (Å²) in [5, 5.41) is 74.3. The molecule has 16 N–H and O–H groups in total. The summed E-state index contributed by atoms with van der Waals surface area (Å²) in [6, 6.07) is -3.09. The number of hydrogen-bond donors (Lipinski definition) is 12. The van der Waals surface area contributed by atoms with E-state index in [9.17, 15) is 39.8 Å². The molecule has 2 aliphatic heterocycles. The van der Waals surface area contributed by atoms with Crippen molar-refractivity contribution >= 4 is 5.78 Å². The lowest BCUT2D eigenvalue weighted by Gasteiger charge is -2.48. The topological polar surface area (TPSA) is 312 Å². The quantitative estimate of drug-likeness (QED) is 0.0794. The number of alkyl halides is 1. The minimum absolute atomic E-state index is 0.0581. The maximum Gasteiger partial charge on any atom is 0.186 e. The molecule has 16 atom stereocenters. The molecule has 0 aromatic carbocycles. The summed E-state index contributed by atoms with van der Waals surface area (Å²) in [7, 11) is 0. The minimum Gasteiger partial charge on any atom is -0.395 e. The molecular weight excluding hydrogens is 581 g/mol. The van der Waals surface area contributed by atoms with Gasteiger partial charge in [-0.1, -0.05) is 0 Å². The van der Waals surface area contributed by atoms with Gasteiger partial charge in [0.05, 0.1) is 43.6 Å². The van der Waals surface area contributed by atoms with Crippen molar-refractivity contribution < 1.29 is 63.9 Å². The normalized spacial score (nSPS) is 43.7. The number of hydrogen-bond acceptors (Lipinski definition) is 17. The van der Waals surface area contributed by atoms with Crippen LogP contribution in [0.2, 0.25) is 0 Å². The van der Waals surface area contributed by atoms with Crippen LogP contribution in [0.4, 0.5) is 4.39 Å². The summed E-state index contributed by atoms with van der Waals surface area (Å²) >= 11 is 0. The van der Waals surface area contributed by atoms with Crippen molar-refractivity contribution in [3.05, 3.63) is 0 Å². The maximum atomic E-state index is 14.0. The Morgan fingerprint density at radius 3 is 2.21 bits per heavy atom. The van der Waals surface area contributed by atoms with Crippen LogP contribution in [0.15, 0.2) is 0 Å². The van der Waals surface area contributed by atoms with Gasteiger partial charge in [0.25, 0.3) is 0 Å². The number of aliphatic hydroxyl groups is 7. The van der Waals surface area contributed by atoms with E-state index in [2.05, 4.69) is 5.32 Å². The Morgan fingerprint density at radius 1 is 0.930 bits per heavy atom. The fourth-order valence-corrected chi connectivity index (χ4v) is 5.70. The standard InChI is InChI=1S/C25H48FN5O12/c26-10(6-27)18(36)14(35)4-9-3-11(28)23(43-24-12(29)5-13(34)15(40-24)7-31-1-2-32)21(39)22(9)42-25-20(38)17(30)19(37)16(8-33)41-25/h9-13,15-25,31-34,36-39H,1-8,27-30H2/t9-,10?,11-,12+,13-,15+,16+,17-,18?,19+,20+,21+,22-,23+,24+,25+/m0/s1.